The SMILES string of the molecule is CN(CCc1ncnn1-c1ccccc1Cl)C1CCS(=O)(=O)C1. The third kappa shape index (κ3) is 3.73. The zero-order chi connectivity index (χ0) is 16.4. The molecule has 8 heteroatoms. The summed E-state index contributed by atoms with van der Waals surface area (Å²) in [5.74, 6) is 1.35. The molecule has 0 saturated carbocycles. The van der Waals surface area contributed by atoms with Gasteiger partial charge in [0.2, 0.25) is 0 Å². The first-order valence-electron chi connectivity index (χ1n) is 7.51. The van der Waals surface area contributed by atoms with Crippen LogP contribution in [0, 0.1) is 0 Å². The maximum Gasteiger partial charge on any atom is 0.151 e. The highest BCUT2D eigenvalue weighted by Gasteiger charge is 2.30. The average molecular weight is 355 g/mol. The summed E-state index contributed by atoms with van der Waals surface area (Å²) in [5.41, 5.74) is 0.799. The lowest BCUT2D eigenvalue weighted by Crippen LogP contribution is -2.34. The topological polar surface area (TPSA) is 68.1 Å². The summed E-state index contributed by atoms with van der Waals surface area (Å²) in [4.78, 5) is 6.40. The van der Waals surface area contributed by atoms with Gasteiger partial charge < -0.3 is 4.90 Å². The Morgan fingerprint density at radius 1 is 1.39 bits per heavy atom. The predicted octanol–water partition coefficient (Wildman–Crippen LogP) is 1.58. The van der Waals surface area contributed by atoms with E-state index in [4.69, 9.17) is 11.6 Å². The number of aromatic nitrogens is 3. The average Bonchev–Trinajstić information content (AvgIpc) is 3.11. The van der Waals surface area contributed by atoms with Crippen LogP contribution >= 0.6 is 11.6 Å². The van der Waals surface area contributed by atoms with Gasteiger partial charge in [0.15, 0.2) is 9.84 Å². The van der Waals surface area contributed by atoms with Crippen molar-refractivity contribution < 1.29 is 8.42 Å². The van der Waals surface area contributed by atoms with Gasteiger partial charge in [-0.2, -0.15) is 5.10 Å². The molecule has 1 saturated heterocycles. The fourth-order valence-electron chi connectivity index (χ4n) is 2.84. The first-order chi connectivity index (χ1) is 11.0. The Balaban J connectivity index is 1.68. The molecular weight excluding hydrogens is 336 g/mol. The molecule has 124 valence electrons. The first kappa shape index (κ1) is 16.4. The normalized spacial score (nSPS) is 20.2. The van der Waals surface area contributed by atoms with Crippen molar-refractivity contribution in [2.45, 2.75) is 18.9 Å². The van der Waals surface area contributed by atoms with Gasteiger partial charge in [-0.1, -0.05) is 23.7 Å². The van der Waals surface area contributed by atoms with Crippen LogP contribution in [-0.4, -0.2) is 59.2 Å². The van der Waals surface area contributed by atoms with Crippen LogP contribution in [0.2, 0.25) is 5.02 Å². The molecule has 1 atom stereocenters. The minimum Gasteiger partial charge on any atom is -0.302 e. The highest BCUT2D eigenvalue weighted by atomic mass is 35.5. The molecule has 2 aromatic rings. The van der Waals surface area contributed by atoms with Gasteiger partial charge in [0.05, 0.1) is 22.2 Å². The molecule has 0 N–H and O–H groups in total. The Morgan fingerprint density at radius 2 is 2.17 bits per heavy atom. The molecule has 1 aliphatic heterocycles. The highest BCUT2D eigenvalue weighted by Crippen LogP contribution is 2.21. The predicted molar refractivity (Wildman–Crippen MR) is 89.8 cm³/mol. The van der Waals surface area contributed by atoms with Gasteiger partial charge in [0.25, 0.3) is 0 Å². The number of hydrogen-bond donors (Lipinski definition) is 0. The van der Waals surface area contributed by atoms with E-state index in [1.165, 1.54) is 6.33 Å². The number of para-hydroxylation sites is 1. The molecule has 0 bridgehead atoms. The molecule has 6 nitrogen and oxygen atoms in total. The van der Waals surface area contributed by atoms with E-state index in [0.717, 1.165) is 18.1 Å². The summed E-state index contributed by atoms with van der Waals surface area (Å²) in [5, 5.41) is 4.87. The van der Waals surface area contributed by atoms with Crippen molar-refractivity contribution in [1.29, 1.82) is 0 Å². The van der Waals surface area contributed by atoms with E-state index < -0.39 is 9.84 Å². The lowest BCUT2D eigenvalue weighted by molar-refractivity contribution is 0.263. The second-order valence-electron chi connectivity index (χ2n) is 5.83. The molecule has 0 amide bonds. The minimum atomic E-state index is -2.86. The monoisotopic (exact) mass is 354 g/mol. The van der Waals surface area contributed by atoms with Gasteiger partial charge in [-0.25, -0.2) is 18.1 Å². The fourth-order valence-corrected chi connectivity index (χ4v) is 4.86. The number of halogens is 1. The van der Waals surface area contributed by atoms with Crippen molar-refractivity contribution in [3.8, 4) is 5.69 Å². The maximum atomic E-state index is 11.6. The quantitative estimate of drug-likeness (QED) is 0.815. The Hall–Kier alpha value is -1.44. The van der Waals surface area contributed by atoms with Gasteiger partial charge in [-0.05, 0) is 25.6 Å². The molecule has 0 aliphatic carbocycles. The summed E-state index contributed by atoms with van der Waals surface area (Å²) in [7, 11) is -0.902. The Bertz CT molecular complexity index is 790. The highest BCUT2D eigenvalue weighted by molar-refractivity contribution is 7.91. The molecular formula is C15H19ClN4O2S. The standard InChI is InChI=1S/C15H19ClN4O2S/c1-19(12-7-9-23(21,22)10-12)8-6-15-17-11-18-20(15)14-5-3-2-4-13(14)16/h2-5,11-12H,6-10H2,1H3. The van der Waals surface area contributed by atoms with Crippen molar-refractivity contribution in [3.05, 3.63) is 41.4 Å². The molecule has 0 spiro atoms. The van der Waals surface area contributed by atoms with Crippen molar-refractivity contribution in [1.82, 2.24) is 19.7 Å². The minimum absolute atomic E-state index is 0.0942. The van der Waals surface area contributed by atoms with Gasteiger partial charge in [-0.15, -0.1) is 0 Å². The lowest BCUT2D eigenvalue weighted by atomic mass is 10.2. The number of nitrogens with zero attached hydrogens (tertiary/aromatic N) is 4. The second-order valence-corrected chi connectivity index (χ2v) is 8.46. The zero-order valence-electron chi connectivity index (χ0n) is 12.9. The molecule has 1 aromatic heterocycles. The van der Waals surface area contributed by atoms with Crippen molar-refractivity contribution >= 4 is 21.4 Å². The van der Waals surface area contributed by atoms with Crippen LogP contribution in [0.15, 0.2) is 30.6 Å². The maximum absolute atomic E-state index is 11.6. The zero-order valence-corrected chi connectivity index (χ0v) is 14.5. The van der Waals surface area contributed by atoms with E-state index in [-0.39, 0.29) is 17.5 Å². The van der Waals surface area contributed by atoms with E-state index >= 15 is 0 Å². The van der Waals surface area contributed by atoms with Crippen LogP contribution in [0.1, 0.15) is 12.2 Å². The molecule has 0 radical (unpaired) electrons. The number of likely N-dealkylation sites (N-methyl/N-ethyl adjacent to an activating group) is 1. The van der Waals surface area contributed by atoms with E-state index in [9.17, 15) is 8.42 Å². The Morgan fingerprint density at radius 3 is 2.87 bits per heavy atom. The summed E-state index contributed by atoms with van der Waals surface area (Å²) < 4.78 is 24.9. The van der Waals surface area contributed by atoms with E-state index in [2.05, 4.69) is 15.0 Å². The molecule has 1 aromatic carbocycles. The smallest absolute Gasteiger partial charge is 0.151 e. The van der Waals surface area contributed by atoms with Gasteiger partial charge in [0.1, 0.15) is 12.2 Å². The molecule has 2 heterocycles. The van der Waals surface area contributed by atoms with Crippen LogP contribution < -0.4 is 0 Å². The van der Waals surface area contributed by atoms with E-state index in [1.54, 1.807) is 4.68 Å². The third-order valence-corrected chi connectivity index (χ3v) is 6.29. The van der Waals surface area contributed by atoms with Gasteiger partial charge >= 0.3 is 0 Å². The summed E-state index contributed by atoms with van der Waals surface area (Å²) >= 11 is 6.22. The van der Waals surface area contributed by atoms with Crippen LogP contribution in [0.25, 0.3) is 5.69 Å². The van der Waals surface area contributed by atoms with Crippen molar-refractivity contribution in [2.75, 3.05) is 25.1 Å². The largest absolute Gasteiger partial charge is 0.302 e. The molecule has 1 aliphatic rings. The van der Waals surface area contributed by atoms with Gasteiger partial charge in [-0.3, -0.25) is 0 Å². The van der Waals surface area contributed by atoms with Crippen LogP contribution in [0.3, 0.4) is 0 Å². The van der Waals surface area contributed by atoms with E-state index in [1.807, 2.05) is 31.3 Å². The molecule has 3 rings (SSSR count). The number of benzene rings is 1. The first-order valence-corrected chi connectivity index (χ1v) is 9.71. The second kappa shape index (κ2) is 6.59. The lowest BCUT2D eigenvalue weighted by Gasteiger charge is -2.22. The third-order valence-electron chi connectivity index (χ3n) is 4.22. The van der Waals surface area contributed by atoms with Gasteiger partial charge in [0, 0.05) is 19.0 Å². The van der Waals surface area contributed by atoms with Crippen LogP contribution in [-0.2, 0) is 16.3 Å². The molecule has 23 heavy (non-hydrogen) atoms. The number of sulfone groups is 1. The van der Waals surface area contributed by atoms with Crippen molar-refractivity contribution in [2.24, 2.45) is 0 Å². The summed E-state index contributed by atoms with van der Waals surface area (Å²) in [6.07, 6.45) is 2.90. The van der Waals surface area contributed by atoms with Crippen LogP contribution in [0.5, 0.6) is 0 Å². The van der Waals surface area contributed by atoms with Crippen LogP contribution in [0.4, 0.5) is 0 Å². The number of hydrogen-bond acceptors (Lipinski definition) is 5. The fraction of sp³-hybridized carbons (Fsp3) is 0.467. The number of rotatable bonds is 5. The summed E-state index contributed by atoms with van der Waals surface area (Å²) in [6.45, 7) is 0.726. The van der Waals surface area contributed by atoms with E-state index in [0.29, 0.717) is 17.9 Å². The summed E-state index contributed by atoms with van der Waals surface area (Å²) in [6, 6.07) is 7.58. The Kier molecular flexibility index (Phi) is 4.70. The molecule has 1 unspecified atom stereocenters. The molecule has 1 fully saturated rings. The van der Waals surface area contributed by atoms with Crippen molar-refractivity contribution in [3.63, 3.8) is 0 Å². The Labute approximate surface area is 141 Å².